The second kappa shape index (κ2) is 8.29. The van der Waals surface area contributed by atoms with Gasteiger partial charge in [0.1, 0.15) is 0 Å². The lowest BCUT2D eigenvalue weighted by Gasteiger charge is -2.33. The molecule has 2 aromatic heterocycles. The standard InChI is InChI=1S/C21H30N4O3/c1-13(2)18-10-16(17-11-22-25(14(3)4)20(17)23-18)21(27)28-12-19(26)24-9-7-6-8-15(24)5/h10-11,13-15H,6-9,12H2,1-5H3/t15-/m0/s1. The monoisotopic (exact) mass is 386 g/mol. The molecule has 28 heavy (non-hydrogen) atoms. The van der Waals surface area contributed by atoms with Crippen molar-refractivity contribution < 1.29 is 14.3 Å². The summed E-state index contributed by atoms with van der Waals surface area (Å²) in [6.07, 6.45) is 4.78. The van der Waals surface area contributed by atoms with E-state index in [-0.39, 0.29) is 30.5 Å². The molecule has 1 aliphatic rings. The van der Waals surface area contributed by atoms with Gasteiger partial charge in [0, 0.05) is 24.3 Å². The maximum atomic E-state index is 12.8. The first kappa shape index (κ1) is 20.3. The second-order valence-corrected chi connectivity index (χ2v) is 8.18. The third kappa shape index (κ3) is 4.03. The lowest BCUT2D eigenvalue weighted by molar-refractivity contribution is -0.137. The molecule has 0 bridgehead atoms. The number of hydrogen-bond acceptors (Lipinski definition) is 5. The number of aromatic nitrogens is 3. The fourth-order valence-electron chi connectivity index (χ4n) is 3.64. The quantitative estimate of drug-likeness (QED) is 0.733. The van der Waals surface area contributed by atoms with Crippen LogP contribution in [0.5, 0.6) is 0 Å². The van der Waals surface area contributed by atoms with Crippen LogP contribution in [0.25, 0.3) is 11.0 Å². The number of hydrogen-bond donors (Lipinski definition) is 0. The Morgan fingerprint density at radius 1 is 1.25 bits per heavy atom. The van der Waals surface area contributed by atoms with Crippen molar-refractivity contribution in [1.82, 2.24) is 19.7 Å². The van der Waals surface area contributed by atoms with Crippen LogP contribution in [0, 0.1) is 0 Å². The Balaban J connectivity index is 1.83. The van der Waals surface area contributed by atoms with Gasteiger partial charge in [0.25, 0.3) is 5.91 Å². The van der Waals surface area contributed by atoms with E-state index in [1.807, 2.05) is 39.5 Å². The van der Waals surface area contributed by atoms with E-state index in [1.54, 1.807) is 16.9 Å². The average Bonchev–Trinajstić information content (AvgIpc) is 3.09. The van der Waals surface area contributed by atoms with Gasteiger partial charge in [-0.25, -0.2) is 14.5 Å². The molecule has 1 amide bonds. The molecule has 0 unspecified atom stereocenters. The van der Waals surface area contributed by atoms with E-state index >= 15 is 0 Å². The zero-order chi connectivity index (χ0) is 20.4. The Morgan fingerprint density at radius 2 is 2.00 bits per heavy atom. The van der Waals surface area contributed by atoms with Crippen molar-refractivity contribution in [2.45, 2.75) is 71.9 Å². The predicted octanol–water partition coefficient (Wildman–Crippen LogP) is 3.69. The van der Waals surface area contributed by atoms with Crippen LogP contribution in [-0.4, -0.2) is 50.7 Å². The number of esters is 1. The molecule has 7 nitrogen and oxygen atoms in total. The van der Waals surface area contributed by atoms with Gasteiger partial charge in [-0.3, -0.25) is 4.79 Å². The fraction of sp³-hybridized carbons (Fsp3) is 0.619. The van der Waals surface area contributed by atoms with Crippen LogP contribution in [0.4, 0.5) is 0 Å². The van der Waals surface area contributed by atoms with Gasteiger partial charge in [-0.1, -0.05) is 13.8 Å². The minimum Gasteiger partial charge on any atom is -0.452 e. The van der Waals surface area contributed by atoms with E-state index in [0.717, 1.165) is 31.5 Å². The molecular formula is C21H30N4O3. The summed E-state index contributed by atoms with van der Waals surface area (Å²) < 4.78 is 7.21. The largest absolute Gasteiger partial charge is 0.452 e. The summed E-state index contributed by atoms with van der Waals surface area (Å²) in [5, 5.41) is 5.04. The molecule has 0 aliphatic carbocycles. The summed E-state index contributed by atoms with van der Waals surface area (Å²) in [5.41, 5.74) is 1.89. The zero-order valence-corrected chi connectivity index (χ0v) is 17.4. The summed E-state index contributed by atoms with van der Waals surface area (Å²) in [5.74, 6) is -0.481. The van der Waals surface area contributed by atoms with Crippen molar-refractivity contribution in [1.29, 1.82) is 0 Å². The fourth-order valence-corrected chi connectivity index (χ4v) is 3.64. The van der Waals surface area contributed by atoms with Gasteiger partial charge in [-0.05, 0) is 52.0 Å². The predicted molar refractivity (Wildman–Crippen MR) is 107 cm³/mol. The summed E-state index contributed by atoms with van der Waals surface area (Å²) in [6.45, 7) is 10.6. The Hall–Kier alpha value is -2.44. The number of piperidine rings is 1. The van der Waals surface area contributed by atoms with Crippen LogP contribution >= 0.6 is 0 Å². The van der Waals surface area contributed by atoms with Crippen molar-refractivity contribution in [3.05, 3.63) is 23.5 Å². The molecule has 2 aromatic rings. The highest BCUT2D eigenvalue weighted by atomic mass is 16.5. The Bertz CT molecular complexity index is 872. The highest BCUT2D eigenvalue weighted by Gasteiger charge is 2.25. The van der Waals surface area contributed by atoms with Crippen LogP contribution in [0.2, 0.25) is 0 Å². The highest BCUT2D eigenvalue weighted by Crippen LogP contribution is 2.25. The van der Waals surface area contributed by atoms with Crippen molar-refractivity contribution in [2.75, 3.05) is 13.2 Å². The molecule has 7 heteroatoms. The van der Waals surface area contributed by atoms with Gasteiger partial charge >= 0.3 is 5.97 Å². The maximum Gasteiger partial charge on any atom is 0.339 e. The molecule has 1 atom stereocenters. The van der Waals surface area contributed by atoms with Crippen LogP contribution in [0.15, 0.2) is 12.3 Å². The van der Waals surface area contributed by atoms with Gasteiger partial charge in [0.2, 0.25) is 0 Å². The summed E-state index contributed by atoms with van der Waals surface area (Å²) in [7, 11) is 0. The van der Waals surface area contributed by atoms with Gasteiger partial charge in [0.05, 0.1) is 17.1 Å². The molecule has 1 saturated heterocycles. The van der Waals surface area contributed by atoms with E-state index in [4.69, 9.17) is 9.72 Å². The Morgan fingerprint density at radius 3 is 2.64 bits per heavy atom. The zero-order valence-electron chi connectivity index (χ0n) is 17.4. The number of nitrogens with zero attached hydrogens (tertiary/aromatic N) is 4. The van der Waals surface area contributed by atoms with Crippen LogP contribution < -0.4 is 0 Å². The number of carbonyl (C=O) groups excluding carboxylic acids is 2. The van der Waals surface area contributed by atoms with Crippen molar-refractivity contribution in [3.63, 3.8) is 0 Å². The smallest absolute Gasteiger partial charge is 0.339 e. The second-order valence-electron chi connectivity index (χ2n) is 8.18. The minimum absolute atomic E-state index is 0.124. The van der Waals surface area contributed by atoms with Gasteiger partial charge in [-0.15, -0.1) is 0 Å². The summed E-state index contributed by atoms with van der Waals surface area (Å²) in [4.78, 5) is 31.8. The van der Waals surface area contributed by atoms with Gasteiger partial charge < -0.3 is 9.64 Å². The molecule has 3 rings (SSSR count). The number of ether oxygens (including phenoxy) is 1. The molecule has 1 fully saturated rings. The average molecular weight is 386 g/mol. The third-order valence-electron chi connectivity index (χ3n) is 5.34. The molecule has 1 aliphatic heterocycles. The maximum absolute atomic E-state index is 12.8. The first-order valence-electron chi connectivity index (χ1n) is 10.1. The van der Waals surface area contributed by atoms with Crippen molar-refractivity contribution >= 4 is 22.9 Å². The highest BCUT2D eigenvalue weighted by molar-refractivity contribution is 6.03. The van der Waals surface area contributed by atoms with E-state index in [1.165, 1.54) is 0 Å². The Labute approximate surface area is 166 Å². The molecule has 0 spiro atoms. The number of amides is 1. The molecule has 0 saturated carbocycles. The number of pyridine rings is 1. The van der Waals surface area contributed by atoms with Crippen LogP contribution in [-0.2, 0) is 9.53 Å². The van der Waals surface area contributed by atoms with E-state index in [0.29, 0.717) is 16.6 Å². The lowest BCUT2D eigenvalue weighted by Crippen LogP contribution is -2.44. The first-order chi connectivity index (χ1) is 13.3. The van der Waals surface area contributed by atoms with Gasteiger partial charge in [0.15, 0.2) is 12.3 Å². The van der Waals surface area contributed by atoms with Gasteiger partial charge in [-0.2, -0.15) is 5.10 Å². The van der Waals surface area contributed by atoms with E-state index in [2.05, 4.69) is 5.10 Å². The molecule has 3 heterocycles. The third-order valence-corrected chi connectivity index (χ3v) is 5.34. The number of likely N-dealkylation sites (tertiary alicyclic amines) is 1. The van der Waals surface area contributed by atoms with Crippen LogP contribution in [0.3, 0.4) is 0 Å². The minimum atomic E-state index is -0.504. The molecule has 0 radical (unpaired) electrons. The number of carbonyl (C=O) groups is 2. The van der Waals surface area contributed by atoms with Crippen LogP contribution in [0.1, 0.15) is 81.9 Å². The topological polar surface area (TPSA) is 77.3 Å². The van der Waals surface area contributed by atoms with E-state index in [9.17, 15) is 9.59 Å². The van der Waals surface area contributed by atoms with Crippen molar-refractivity contribution in [2.24, 2.45) is 0 Å². The number of fused-ring (bicyclic) bond motifs is 1. The van der Waals surface area contributed by atoms with E-state index < -0.39 is 5.97 Å². The van der Waals surface area contributed by atoms with Crippen molar-refractivity contribution in [3.8, 4) is 0 Å². The molecular weight excluding hydrogens is 356 g/mol. The lowest BCUT2D eigenvalue weighted by atomic mass is 10.0. The molecule has 0 aromatic carbocycles. The normalized spacial score (nSPS) is 17.5. The summed E-state index contributed by atoms with van der Waals surface area (Å²) >= 11 is 0. The molecule has 152 valence electrons. The Kier molecular flexibility index (Phi) is 6.01. The molecule has 0 N–H and O–H groups in total. The first-order valence-corrected chi connectivity index (χ1v) is 10.1. The SMILES string of the molecule is CC(C)c1cc(C(=O)OCC(=O)N2CCCC[C@@H]2C)c2cnn(C(C)C)c2n1. The summed E-state index contributed by atoms with van der Waals surface area (Å²) in [6, 6.07) is 2.08. The number of rotatable bonds is 5.